The van der Waals surface area contributed by atoms with Gasteiger partial charge in [-0.05, 0) is 46.5 Å². The van der Waals surface area contributed by atoms with Crippen molar-refractivity contribution in [3.05, 3.63) is 28.2 Å². The Kier molecular flexibility index (Phi) is 3.03. The van der Waals surface area contributed by atoms with Gasteiger partial charge in [0.15, 0.2) is 0 Å². The molecule has 0 unspecified atom stereocenters. The minimum Gasteiger partial charge on any atom is -0.366 e. The summed E-state index contributed by atoms with van der Waals surface area (Å²) in [6.45, 7) is 3.26. The molecule has 1 aromatic carbocycles. The average Bonchev–Trinajstić information content (AvgIpc) is 2.91. The maximum atomic E-state index is 11.1. The minimum atomic E-state index is -0.385. The largest absolute Gasteiger partial charge is 0.366 e. The van der Waals surface area contributed by atoms with Gasteiger partial charge in [0.1, 0.15) is 0 Å². The molecule has 0 spiro atoms. The number of carbonyl (C=O) groups excluding carboxylic acids is 1. The van der Waals surface area contributed by atoms with E-state index in [1.54, 1.807) is 6.07 Å². The first-order chi connectivity index (χ1) is 8.66. The normalized spacial score (nSPS) is 26.4. The summed E-state index contributed by atoms with van der Waals surface area (Å²) in [6, 6.07) is 6.19. The number of benzene rings is 1. The van der Waals surface area contributed by atoms with Gasteiger partial charge in [-0.15, -0.1) is 0 Å². The van der Waals surface area contributed by atoms with Crippen LogP contribution in [0.1, 0.15) is 16.8 Å². The zero-order chi connectivity index (χ0) is 12.7. The zero-order valence-electron chi connectivity index (χ0n) is 10.0. The Bertz CT molecular complexity index is 491. The molecule has 2 atom stereocenters. The molecular weight excluding hydrogens is 294 g/mol. The highest BCUT2D eigenvalue weighted by Gasteiger charge is 2.38. The van der Waals surface area contributed by atoms with Crippen LogP contribution >= 0.6 is 15.9 Å². The van der Waals surface area contributed by atoms with Crippen molar-refractivity contribution < 1.29 is 4.79 Å². The van der Waals surface area contributed by atoms with Crippen molar-refractivity contribution in [2.75, 3.05) is 24.5 Å². The predicted molar refractivity (Wildman–Crippen MR) is 74.8 cm³/mol. The number of fused-ring (bicyclic) bond motifs is 1. The number of amides is 1. The third-order valence-corrected chi connectivity index (χ3v) is 4.62. The highest BCUT2D eigenvalue weighted by Crippen LogP contribution is 2.36. The molecule has 3 rings (SSSR count). The van der Waals surface area contributed by atoms with Crippen LogP contribution in [-0.2, 0) is 0 Å². The van der Waals surface area contributed by atoms with Gasteiger partial charge in [-0.2, -0.15) is 0 Å². The second kappa shape index (κ2) is 4.55. The first-order valence-corrected chi connectivity index (χ1v) is 7.03. The molecule has 0 radical (unpaired) electrons. The molecule has 0 aliphatic carbocycles. The van der Waals surface area contributed by atoms with E-state index in [2.05, 4.69) is 26.1 Å². The second-order valence-corrected chi connectivity index (χ2v) is 5.85. The summed E-state index contributed by atoms with van der Waals surface area (Å²) in [4.78, 5) is 13.6. The summed E-state index contributed by atoms with van der Waals surface area (Å²) < 4.78 is 0.950. The lowest BCUT2D eigenvalue weighted by Gasteiger charge is -2.27. The molecule has 1 amide bonds. The molecule has 2 fully saturated rings. The van der Waals surface area contributed by atoms with Gasteiger partial charge in [-0.25, -0.2) is 0 Å². The molecule has 2 saturated heterocycles. The number of nitrogens with one attached hydrogen (secondary N) is 1. The van der Waals surface area contributed by atoms with Crippen molar-refractivity contribution in [2.45, 2.75) is 12.5 Å². The average molecular weight is 310 g/mol. The van der Waals surface area contributed by atoms with Crippen LogP contribution < -0.4 is 16.0 Å². The molecule has 2 aliphatic rings. The third-order valence-electron chi connectivity index (χ3n) is 3.99. The molecule has 96 valence electrons. The number of primary amides is 1. The van der Waals surface area contributed by atoms with Crippen LogP contribution in [0.25, 0.3) is 0 Å². The number of nitrogens with zero attached hydrogens (tertiary/aromatic N) is 1. The van der Waals surface area contributed by atoms with Gasteiger partial charge in [0, 0.05) is 35.7 Å². The van der Waals surface area contributed by atoms with Crippen LogP contribution in [0.15, 0.2) is 22.7 Å². The van der Waals surface area contributed by atoms with Crippen molar-refractivity contribution >= 4 is 27.5 Å². The van der Waals surface area contributed by atoms with Gasteiger partial charge in [-0.1, -0.05) is 0 Å². The summed E-state index contributed by atoms with van der Waals surface area (Å²) in [5, 5.41) is 3.44. The van der Waals surface area contributed by atoms with E-state index < -0.39 is 0 Å². The molecule has 18 heavy (non-hydrogen) atoms. The van der Waals surface area contributed by atoms with Crippen LogP contribution in [-0.4, -0.2) is 31.6 Å². The van der Waals surface area contributed by atoms with Crippen LogP contribution in [0.2, 0.25) is 0 Å². The van der Waals surface area contributed by atoms with Crippen molar-refractivity contribution in [2.24, 2.45) is 11.7 Å². The Balaban J connectivity index is 1.90. The fourth-order valence-electron chi connectivity index (χ4n) is 3.04. The fourth-order valence-corrected chi connectivity index (χ4v) is 3.65. The zero-order valence-corrected chi connectivity index (χ0v) is 11.6. The smallest absolute Gasteiger partial charge is 0.248 e. The number of hydrogen-bond acceptors (Lipinski definition) is 3. The number of halogens is 1. The van der Waals surface area contributed by atoms with Gasteiger partial charge in [0.05, 0.1) is 5.69 Å². The molecule has 2 aliphatic heterocycles. The standard InChI is InChI=1S/C13H16BrN3O/c14-10-5-8(13(15)18)1-2-11(10)17-4-3-9-6-16-7-12(9)17/h1-2,5,9,12,16H,3-4,6-7H2,(H2,15,18)/t9-,12+/m0/s1. The molecule has 1 aromatic rings. The summed E-state index contributed by atoms with van der Waals surface area (Å²) in [6.07, 6.45) is 1.24. The van der Waals surface area contributed by atoms with Gasteiger partial charge in [0.2, 0.25) is 5.91 Å². The van der Waals surface area contributed by atoms with Gasteiger partial charge >= 0.3 is 0 Å². The predicted octanol–water partition coefficient (Wildman–Crippen LogP) is 1.35. The Morgan fingerprint density at radius 2 is 2.28 bits per heavy atom. The van der Waals surface area contributed by atoms with Crippen LogP contribution in [0.3, 0.4) is 0 Å². The second-order valence-electron chi connectivity index (χ2n) is 5.00. The van der Waals surface area contributed by atoms with Gasteiger partial charge in [0.25, 0.3) is 0 Å². The molecular formula is C13H16BrN3O. The summed E-state index contributed by atoms with van der Waals surface area (Å²) in [5.41, 5.74) is 7.00. The van der Waals surface area contributed by atoms with Gasteiger partial charge in [-0.3, -0.25) is 4.79 Å². The van der Waals surface area contributed by atoms with Crippen LogP contribution in [0, 0.1) is 5.92 Å². The number of carbonyl (C=O) groups is 1. The summed E-state index contributed by atoms with van der Waals surface area (Å²) in [5.74, 6) is 0.372. The number of hydrogen-bond donors (Lipinski definition) is 2. The topological polar surface area (TPSA) is 58.4 Å². The summed E-state index contributed by atoms with van der Waals surface area (Å²) in [7, 11) is 0. The van der Waals surface area contributed by atoms with E-state index in [0.717, 1.165) is 35.7 Å². The first-order valence-electron chi connectivity index (χ1n) is 6.23. The van der Waals surface area contributed by atoms with E-state index in [9.17, 15) is 4.79 Å². The lowest BCUT2D eigenvalue weighted by molar-refractivity contribution is 0.100. The summed E-state index contributed by atoms with van der Waals surface area (Å²) >= 11 is 3.55. The van der Waals surface area contributed by atoms with Crippen molar-refractivity contribution in [3.63, 3.8) is 0 Å². The lowest BCUT2D eigenvalue weighted by atomic mass is 10.0. The Hall–Kier alpha value is -1.07. The van der Waals surface area contributed by atoms with Crippen molar-refractivity contribution in [3.8, 4) is 0 Å². The maximum Gasteiger partial charge on any atom is 0.248 e. The SMILES string of the molecule is NC(=O)c1ccc(N2CC[C@H]3CNC[C@H]32)c(Br)c1. The van der Waals surface area contributed by atoms with E-state index in [-0.39, 0.29) is 5.91 Å². The monoisotopic (exact) mass is 309 g/mol. The van der Waals surface area contributed by atoms with E-state index in [0.29, 0.717) is 11.6 Å². The van der Waals surface area contributed by atoms with E-state index in [1.807, 2.05) is 12.1 Å². The molecule has 0 aromatic heterocycles. The Labute approximate surface area is 115 Å². The van der Waals surface area contributed by atoms with Crippen molar-refractivity contribution in [1.82, 2.24) is 5.32 Å². The molecule has 4 nitrogen and oxygen atoms in total. The van der Waals surface area contributed by atoms with Crippen molar-refractivity contribution in [1.29, 1.82) is 0 Å². The molecule has 0 bridgehead atoms. The fraction of sp³-hybridized carbons (Fsp3) is 0.462. The maximum absolute atomic E-state index is 11.1. The minimum absolute atomic E-state index is 0.385. The third kappa shape index (κ3) is 1.91. The van der Waals surface area contributed by atoms with Crippen LogP contribution in [0.4, 0.5) is 5.69 Å². The number of rotatable bonds is 2. The van der Waals surface area contributed by atoms with Gasteiger partial charge < -0.3 is 16.0 Å². The molecule has 0 saturated carbocycles. The van der Waals surface area contributed by atoms with E-state index in [1.165, 1.54) is 6.42 Å². The quantitative estimate of drug-likeness (QED) is 0.867. The lowest BCUT2D eigenvalue weighted by Crippen LogP contribution is -2.34. The van der Waals surface area contributed by atoms with E-state index >= 15 is 0 Å². The van der Waals surface area contributed by atoms with Crippen LogP contribution in [0.5, 0.6) is 0 Å². The number of nitrogens with two attached hydrogens (primary N) is 1. The number of anilines is 1. The highest BCUT2D eigenvalue weighted by atomic mass is 79.9. The Morgan fingerprint density at radius 3 is 3.00 bits per heavy atom. The first kappa shape index (κ1) is 12.0. The molecule has 3 N–H and O–H groups in total. The van der Waals surface area contributed by atoms with E-state index in [4.69, 9.17) is 5.73 Å². The molecule has 5 heteroatoms. The molecule has 2 heterocycles. The Morgan fingerprint density at radius 1 is 1.44 bits per heavy atom. The highest BCUT2D eigenvalue weighted by molar-refractivity contribution is 9.10.